The van der Waals surface area contributed by atoms with E-state index in [2.05, 4.69) is 10.6 Å². The molecule has 7 heteroatoms. The monoisotopic (exact) mass is 267 g/mol. The van der Waals surface area contributed by atoms with Crippen molar-refractivity contribution in [2.75, 3.05) is 6.54 Å². The van der Waals surface area contributed by atoms with Gasteiger partial charge in [-0.15, -0.1) is 0 Å². The van der Waals surface area contributed by atoms with Gasteiger partial charge in [-0.25, -0.2) is 4.79 Å². The van der Waals surface area contributed by atoms with Crippen LogP contribution in [0.3, 0.4) is 0 Å². The average Bonchev–Trinajstić information content (AvgIpc) is 3.01. The Kier molecular flexibility index (Phi) is 2.87. The summed E-state index contributed by atoms with van der Waals surface area (Å²) >= 11 is 0. The number of barbiturate groups is 1. The first kappa shape index (κ1) is 13.5. The van der Waals surface area contributed by atoms with Crippen LogP contribution in [0.25, 0.3) is 0 Å². The van der Waals surface area contributed by atoms with E-state index < -0.39 is 34.7 Å². The van der Waals surface area contributed by atoms with Crippen molar-refractivity contribution in [1.82, 2.24) is 15.5 Å². The number of nitrogens with zero attached hydrogens (tertiary/aromatic N) is 1. The third-order valence-corrected chi connectivity index (χ3v) is 3.12. The molecule has 0 atom stereocenters. The van der Waals surface area contributed by atoms with E-state index >= 15 is 0 Å². The summed E-state index contributed by atoms with van der Waals surface area (Å²) < 4.78 is 0. The zero-order valence-electron chi connectivity index (χ0n) is 11.2. The molecule has 1 spiro atoms. The molecule has 1 heterocycles. The number of hydrogen-bond donors (Lipinski definition) is 2. The minimum atomic E-state index is -1.10. The molecular formula is C12H17N3O4. The molecule has 104 valence electrons. The van der Waals surface area contributed by atoms with E-state index in [9.17, 15) is 19.2 Å². The van der Waals surface area contributed by atoms with Gasteiger partial charge >= 0.3 is 6.03 Å². The lowest BCUT2D eigenvalue weighted by Crippen LogP contribution is -2.61. The lowest BCUT2D eigenvalue weighted by atomic mass is 10.0. The smallest absolute Gasteiger partial charge is 0.331 e. The largest absolute Gasteiger partial charge is 0.350 e. The molecule has 19 heavy (non-hydrogen) atoms. The SMILES string of the molecule is CC(C)(C)NC(=O)CN1C(=O)NC(=O)C2(CC2)C1=O. The lowest BCUT2D eigenvalue weighted by Gasteiger charge is -2.30. The highest BCUT2D eigenvalue weighted by Gasteiger charge is 2.62. The zero-order chi connectivity index (χ0) is 14.4. The predicted molar refractivity (Wildman–Crippen MR) is 64.8 cm³/mol. The normalized spacial score (nSPS) is 21.4. The van der Waals surface area contributed by atoms with E-state index in [0.29, 0.717) is 12.8 Å². The van der Waals surface area contributed by atoms with Gasteiger partial charge in [0.05, 0.1) is 0 Å². The van der Waals surface area contributed by atoms with Crippen LogP contribution in [-0.4, -0.2) is 40.7 Å². The van der Waals surface area contributed by atoms with E-state index in [1.807, 2.05) is 0 Å². The summed E-state index contributed by atoms with van der Waals surface area (Å²) in [4.78, 5) is 47.9. The van der Waals surface area contributed by atoms with Crippen molar-refractivity contribution >= 4 is 23.8 Å². The highest BCUT2D eigenvalue weighted by Crippen LogP contribution is 2.48. The molecule has 2 rings (SSSR count). The molecule has 2 fully saturated rings. The molecule has 1 saturated heterocycles. The van der Waals surface area contributed by atoms with Gasteiger partial charge in [0, 0.05) is 5.54 Å². The molecule has 1 aliphatic heterocycles. The van der Waals surface area contributed by atoms with Crippen molar-refractivity contribution in [2.45, 2.75) is 39.2 Å². The van der Waals surface area contributed by atoms with Crippen LogP contribution >= 0.6 is 0 Å². The van der Waals surface area contributed by atoms with Gasteiger partial charge in [-0.1, -0.05) is 0 Å². The van der Waals surface area contributed by atoms with Gasteiger partial charge in [0.1, 0.15) is 12.0 Å². The Morgan fingerprint density at radius 2 is 1.89 bits per heavy atom. The number of imide groups is 2. The number of carbonyl (C=O) groups excluding carboxylic acids is 4. The van der Waals surface area contributed by atoms with E-state index in [1.165, 1.54) is 0 Å². The Morgan fingerprint density at radius 1 is 1.32 bits per heavy atom. The van der Waals surface area contributed by atoms with Crippen molar-refractivity contribution < 1.29 is 19.2 Å². The second-order valence-corrected chi connectivity index (χ2v) is 6.03. The maximum Gasteiger partial charge on any atom is 0.331 e. The Labute approximate surface area is 110 Å². The van der Waals surface area contributed by atoms with Crippen LogP contribution in [0, 0.1) is 5.41 Å². The van der Waals surface area contributed by atoms with Crippen molar-refractivity contribution in [3.8, 4) is 0 Å². The van der Waals surface area contributed by atoms with Crippen LogP contribution in [-0.2, 0) is 14.4 Å². The molecule has 0 aromatic rings. The quantitative estimate of drug-likeness (QED) is 0.675. The number of hydrogen-bond acceptors (Lipinski definition) is 4. The molecular weight excluding hydrogens is 250 g/mol. The first-order chi connectivity index (χ1) is 8.66. The Balaban J connectivity index is 2.07. The summed E-state index contributed by atoms with van der Waals surface area (Å²) in [5.41, 5.74) is -1.55. The number of urea groups is 1. The van der Waals surface area contributed by atoms with Crippen molar-refractivity contribution in [3.05, 3.63) is 0 Å². The Bertz CT molecular complexity index is 474. The van der Waals surface area contributed by atoms with E-state index in [0.717, 1.165) is 4.90 Å². The summed E-state index contributed by atoms with van der Waals surface area (Å²) in [6, 6.07) is -0.823. The van der Waals surface area contributed by atoms with Gasteiger partial charge in [-0.3, -0.25) is 24.6 Å². The molecule has 1 aliphatic carbocycles. The lowest BCUT2D eigenvalue weighted by molar-refractivity contribution is -0.146. The first-order valence-corrected chi connectivity index (χ1v) is 6.14. The first-order valence-electron chi connectivity index (χ1n) is 6.14. The van der Waals surface area contributed by atoms with Crippen LogP contribution in [0.5, 0.6) is 0 Å². The topological polar surface area (TPSA) is 95.6 Å². The van der Waals surface area contributed by atoms with Crippen LogP contribution in [0.15, 0.2) is 0 Å². The minimum absolute atomic E-state index is 0.364. The number of rotatable bonds is 2. The van der Waals surface area contributed by atoms with Crippen LogP contribution < -0.4 is 10.6 Å². The predicted octanol–water partition coefficient (Wildman–Crippen LogP) is -0.240. The molecule has 1 saturated carbocycles. The number of carbonyl (C=O) groups is 4. The highest BCUT2D eigenvalue weighted by molar-refractivity contribution is 6.21. The summed E-state index contributed by atoms with van der Waals surface area (Å²) in [6.07, 6.45) is 0.866. The summed E-state index contributed by atoms with van der Waals surface area (Å²) in [5, 5.41) is 4.80. The van der Waals surface area contributed by atoms with Gasteiger partial charge in [0.25, 0.3) is 0 Å². The van der Waals surface area contributed by atoms with Gasteiger partial charge in [-0.2, -0.15) is 0 Å². The van der Waals surface area contributed by atoms with Crippen molar-refractivity contribution in [2.24, 2.45) is 5.41 Å². The molecule has 7 nitrogen and oxygen atoms in total. The maximum atomic E-state index is 12.1. The van der Waals surface area contributed by atoms with Gasteiger partial charge < -0.3 is 5.32 Å². The van der Waals surface area contributed by atoms with Crippen molar-refractivity contribution in [1.29, 1.82) is 0 Å². The molecule has 2 aliphatic rings. The third-order valence-electron chi connectivity index (χ3n) is 3.12. The van der Waals surface area contributed by atoms with Crippen LogP contribution in [0.1, 0.15) is 33.6 Å². The third kappa shape index (κ3) is 2.45. The summed E-state index contributed by atoms with van der Waals surface area (Å²) in [5.74, 6) is -1.54. The number of amides is 5. The molecule has 2 N–H and O–H groups in total. The van der Waals surface area contributed by atoms with E-state index in [4.69, 9.17) is 0 Å². The van der Waals surface area contributed by atoms with Gasteiger partial charge in [-0.05, 0) is 33.6 Å². The molecule has 5 amide bonds. The average molecular weight is 267 g/mol. The molecule has 0 aromatic heterocycles. The van der Waals surface area contributed by atoms with E-state index in [-0.39, 0.29) is 6.54 Å². The van der Waals surface area contributed by atoms with E-state index in [1.54, 1.807) is 20.8 Å². The van der Waals surface area contributed by atoms with Crippen molar-refractivity contribution in [3.63, 3.8) is 0 Å². The highest BCUT2D eigenvalue weighted by atomic mass is 16.2. The van der Waals surface area contributed by atoms with Crippen LogP contribution in [0.4, 0.5) is 4.79 Å². The van der Waals surface area contributed by atoms with Crippen LogP contribution in [0.2, 0.25) is 0 Å². The summed E-state index contributed by atoms with van der Waals surface area (Å²) in [7, 11) is 0. The molecule has 0 unspecified atom stereocenters. The fraction of sp³-hybridized carbons (Fsp3) is 0.667. The fourth-order valence-electron chi connectivity index (χ4n) is 2.04. The molecule has 0 bridgehead atoms. The standard InChI is InChI=1S/C12H17N3O4/c1-11(2,3)14-7(16)6-15-9(18)12(4-5-12)8(17)13-10(15)19/h4-6H2,1-3H3,(H,14,16)(H,13,17,19). The number of nitrogens with one attached hydrogen (secondary N) is 2. The summed E-state index contributed by atoms with van der Waals surface area (Å²) in [6.45, 7) is 5.04. The second kappa shape index (κ2) is 4.04. The fourth-order valence-corrected chi connectivity index (χ4v) is 2.04. The second-order valence-electron chi connectivity index (χ2n) is 6.03. The molecule has 0 radical (unpaired) electrons. The Morgan fingerprint density at radius 3 is 2.37 bits per heavy atom. The molecule has 0 aromatic carbocycles. The van der Waals surface area contributed by atoms with Gasteiger partial charge in [0.2, 0.25) is 17.7 Å². The maximum absolute atomic E-state index is 12.1. The Hall–Kier alpha value is -1.92. The van der Waals surface area contributed by atoms with Gasteiger partial charge in [0.15, 0.2) is 0 Å². The zero-order valence-corrected chi connectivity index (χ0v) is 11.2. The minimum Gasteiger partial charge on any atom is -0.350 e.